The third-order valence-corrected chi connectivity index (χ3v) is 4.47. The Morgan fingerprint density at radius 1 is 0.556 bits per heavy atom. The molecule has 0 bridgehead atoms. The van der Waals surface area contributed by atoms with E-state index in [1.807, 2.05) is 0 Å². The first-order valence-corrected chi connectivity index (χ1v) is 7.62. The van der Waals surface area contributed by atoms with Crippen molar-refractivity contribution >= 4 is 0 Å². The molecular formula is C16H28Li2. The predicted molar refractivity (Wildman–Crippen MR) is 71.0 cm³/mol. The van der Waals surface area contributed by atoms with Gasteiger partial charge in [-0.1, -0.05) is 64.2 Å². The van der Waals surface area contributed by atoms with Crippen molar-refractivity contribution in [3.8, 4) is 0 Å². The quantitative estimate of drug-likeness (QED) is 0.337. The van der Waals surface area contributed by atoms with Crippen LogP contribution in [0.1, 0.15) is 77.0 Å². The zero-order valence-corrected chi connectivity index (χ0v) is 12.8. The van der Waals surface area contributed by atoms with Crippen molar-refractivity contribution in [1.29, 1.82) is 0 Å². The maximum atomic E-state index is 2.62. The van der Waals surface area contributed by atoms with E-state index in [0.717, 1.165) is 11.8 Å². The molecule has 2 rings (SSSR count). The normalized spacial score (nSPS) is 22.0. The van der Waals surface area contributed by atoms with Crippen LogP contribution in [0.4, 0.5) is 0 Å². The Kier molecular flexibility index (Phi) is 12.8. The Labute approximate surface area is 139 Å². The van der Waals surface area contributed by atoms with Gasteiger partial charge < -0.3 is 12.8 Å². The number of unbranched alkanes of at least 4 members (excludes halogenated alkanes) is 1. The van der Waals surface area contributed by atoms with Crippen LogP contribution in [0.5, 0.6) is 0 Å². The molecule has 0 unspecified atom stereocenters. The summed E-state index contributed by atoms with van der Waals surface area (Å²) in [6.45, 7) is 0. The number of hydrogen-bond acceptors (Lipinski definition) is 0. The minimum Gasteiger partial charge on any atom is -0.328 e. The Morgan fingerprint density at radius 2 is 0.889 bits per heavy atom. The molecule has 0 aliphatic heterocycles. The summed E-state index contributed by atoms with van der Waals surface area (Å²) in [6.07, 6.45) is 22.7. The molecule has 2 heteroatoms. The Hall–Kier alpha value is 1.19. The summed E-state index contributed by atoms with van der Waals surface area (Å²) in [7, 11) is 0. The Bertz CT molecular complexity index is 150. The number of rotatable bonds is 5. The van der Waals surface area contributed by atoms with Crippen LogP contribution in [0.2, 0.25) is 0 Å². The van der Waals surface area contributed by atoms with Crippen LogP contribution in [0.25, 0.3) is 0 Å². The molecule has 18 heavy (non-hydrogen) atoms. The van der Waals surface area contributed by atoms with Crippen molar-refractivity contribution < 1.29 is 37.7 Å². The molecule has 0 aromatic carbocycles. The first kappa shape index (κ1) is 19.2. The van der Waals surface area contributed by atoms with Crippen LogP contribution in [-0.4, -0.2) is 0 Å². The summed E-state index contributed by atoms with van der Waals surface area (Å²) in [5.41, 5.74) is 0. The van der Waals surface area contributed by atoms with E-state index in [-0.39, 0.29) is 37.7 Å². The molecule has 0 spiro atoms. The zero-order chi connectivity index (χ0) is 11.1. The molecule has 0 aromatic heterocycles. The summed E-state index contributed by atoms with van der Waals surface area (Å²) in [6, 6.07) is 0. The molecular weight excluding hydrogens is 206 g/mol. The van der Waals surface area contributed by atoms with Crippen molar-refractivity contribution in [2.45, 2.75) is 77.0 Å². The zero-order valence-electron chi connectivity index (χ0n) is 12.8. The van der Waals surface area contributed by atoms with Gasteiger partial charge in [-0.15, -0.1) is 0 Å². The van der Waals surface area contributed by atoms with Crippen LogP contribution < -0.4 is 37.7 Å². The van der Waals surface area contributed by atoms with E-state index in [1.165, 1.54) is 77.0 Å². The monoisotopic (exact) mass is 234 g/mol. The Morgan fingerprint density at radius 3 is 1.22 bits per heavy atom. The fourth-order valence-corrected chi connectivity index (χ4v) is 3.40. The van der Waals surface area contributed by atoms with Crippen molar-refractivity contribution in [3.05, 3.63) is 12.8 Å². The SMILES string of the molecule is [CH-](CC[CH-]C1CCCCC1)C1CCCCC1.[Li+].[Li+]. The van der Waals surface area contributed by atoms with Crippen LogP contribution in [0, 0.1) is 24.7 Å². The second kappa shape index (κ2) is 12.0. The molecule has 0 N–H and O–H groups in total. The summed E-state index contributed by atoms with van der Waals surface area (Å²) in [5, 5.41) is 0. The fraction of sp³-hybridized carbons (Fsp3) is 0.875. The average Bonchev–Trinajstić information content (AvgIpc) is 2.37. The molecule has 2 fully saturated rings. The van der Waals surface area contributed by atoms with E-state index in [1.54, 1.807) is 0 Å². The van der Waals surface area contributed by atoms with E-state index < -0.39 is 0 Å². The van der Waals surface area contributed by atoms with Gasteiger partial charge in [0.25, 0.3) is 0 Å². The first-order valence-electron chi connectivity index (χ1n) is 7.62. The molecule has 2 aliphatic rings. The van der Waals surface area contributed by atoms with Gasteiger partial charge in [0.1, 0.15) is 0 Å². The fourth-order valence-electron chi connectivity index (χ4n) is 3.40. The minimum absolute atomic E-state index is 0. The number of hydrogen-bond donors (Lipinski definition) is 0. The van der Waals surface area contributed by atoms with Gasteiger partial charge in [0.05, 0.1) is 0 Å². The molecule has 0 saturated heterocycles. The maximum absolute atomic E-state index is 2.62. The standard InChI is InChI=1S/C16H28.2Li/c1-3-9-15(10-4-1)13-7-8-14-16-11-5-2-6-12-16;;/h13-16H,1-12H2;;/q-2;2*+1. The van der Waals surface area contributed by atoms with E-state index in [9.17, 15) is 0 Å². The van der Waals surface area contributed by atoms with E-state index in [0.29, 0.717) is 0 Å². The van der Waals surface area contributed by atoms with Crippen LogP contribution in [0.3, 0.4) is 0 Å². The van der Waals surface area contributed by atoms with Crippen molar-refractivity contribution in [3.63, 3.8) is 0 Å². The molecule has 0 atom stereocenters. The van der Waals surface area contributed by atoms with Crippen molar-refractivity contribution in [1.82, 2.24) is 0 Å². The summed E-state index contributed by atoms with van der Waals surface area (Å²) >= 11 is 0. The maximum Gasteiger partial charge on any atom is 1.00 e. The van der Waals surface area contributed by atoms with E-state index in [4.69, 9.17) is 0 Å². The third-order valence-electron chi connectivity index (χ3n) is 4.47. The van der Waals surface area contributed by atoms with Gasteiger partial charge in [0.15, 0.2) is 0 Å². The second-order valence-electron chi connectivity index (χ2n) is 5.84. The van der Waals surface area contributed by atoms with Gasteiger partial charge >= 0.3 is 37.7 Å². The predicted octanol–water partition coefficient (Wildman–Crippen LogP) is -0.656. The average molecular weight is 234 g/mol. The largest absolute Gasteiger partial charge is 1.00 e. The van der Waals surface area contributed by atoms with Gasteiger partial charge in [0, 0.05) is 0 Å². The van der Waals surface area contributed by atoms with Gasteiger partial charge in [0.2, 0.25) is 0 Å². The molecule has 0 heterocycles. The van der Waals surface area contributed by atoms with Gasteiger partial charge in [-0.2, -0.15) is 11.8 Å². The molecule has 2 saturated carbocycles. The summed E-state index contributed by atoms with van der Waals surface area (Å²) < 4.78 is 0. The van der Waals surface area contributed by atoms with Gasteiger partial charge in [-0.3, -0.25) is 0 Å². The summed E-state index contributed by atoms with van der Waals surface area (Å²) in [4.78, 5) is 0. The van der Waals surface area contributed by atoms with Crippen LogP contribution in [-0.2, 0) is 0 Å². The van der Waals surface area contributed by atoms with Gasteiger partial charge in [-0.05, 0) is 0 Å². The molecule has 2 aliphatic carbocycles. The summed E-state index contributed by atoms with van der Waals surface area (Å²) in [5.74, 6) is 1.93. The van der Waals surface area contributed by atoms with Crippen LogP contribution in [0.15, 0.2) is 0 Å². The molecule has 94 valence electrons. The first-order chi connectivity index (χ1) is 7.95. The second-order valence-corrected chi connectivity index (χ2v) is 5.84. The van der Waals surface area contributed by atoms with E-state index >= 15 is 0 Å². The topological polar surface area (TPSA) is 0 Å². The van der Waals surface area contributed by atoms with Crippen molar-refractivity contribution in [2.24, 2.45) is 11.8 Å². The van der Waals surface area contributed by atoms with E-state index in [2.05, 4.69) is 12.8 Å². The molecule has 0 aromatic rings. The smallest absolute Gasteiger partial charge is 0.328 e. The van der Waals surface area contributed by atoms with Gasteiger partial charge in [-0.25, -0.2) is 12.8 Å². The minimum atomic E-state index is 0. The molecule has 0 amide bonds. The van der Waals surface area contributed by atoms with Crippen LogP contribution >= 0.6 is 0 Å². The Balaban J connectivity index is 0.00000144. The molecule has 0 radical (unpaired) electrons. The molecule has 0 nitrogen and oxygen atoms in total. The third kappa shape index (κ3) is 7.70. The van der Waals surface area contributed by atoms with Crippen molar-refractivity contribution in [2.75, 3.05) is 0 Å².